The van der Waals surface area contributed by atoms with Gasteiger partial charge in [-0.25, -0.2) is 0 Å². The second-order valence-electron chi connectivity index (χ2n) is 5.09. The lowest BCUT2D eigenvalue weighted by atomic mass is 9.82. The van der Waals surface area contributed by atoms with Crippen molar-refractivity contribution in [1.29, 1.82) is 0 Å². The molecule has 0 spiro atoms. The van der Waals surface area contributed by atoms with Gasteiger partial charge in [-0.15, -0.1) is 0 Å². The monoisotopic (exact) mass is 207 g/mol. The van der Waals surface area contributed by atoms with Crippen LogP contribution in [0, 0.1) is 11.3 Å². The molecule has 0 saturated heterocycles. The van der Waals surface area contributed by atoms with Crippen LogP contribution >= 0.6 is 0 Å². The van der Waals surface area contributed by atoms with E-state index < -0.39 is 0 Å². The molecule has 15 heavy (non-hydrogen) atoms. The first-order valence-corrected chi connectivity index (χ1v) is 5.46. The molecule has 1 aromatic rings. The summed E-state index contributed by atoms with van der Waals surface area (Å²) in [4.78, 5) is 8.24. The zero-order valence-corrected chi connectivity index (χ0v) is 10.1. The van der Waals surface area contributed by atoms with Gasteiger partial charge >= 0.3 is 0 Å². The van der Waals surface area contributed by atoms with Gasteiger partial charge < -0.3 is 5.32 Å². The molecule has 1 atom stereocenters. The Morgan fingerprint density at radius 3 is 2.60 bits per heavy atom. The van der Waals surface area contributed by atoms with E-state index in [1.54, 1.807) is 18.6 Å². The zero-order chi connectivity index (χ0) is 11.3. The van der Waals surface area contributed by atoms with Gasteiger partial charge in [0.05, 0.1) is 5.69 Å². The summed E-state index contributed by atoms with van der Waals surface area (Å²) < 4.78 is 0. The summed E-state index contributed by atoms with van der Waals surface area (Å²) in [6.07, 6.45) is 5.22. The molecule has 84 valence electrons. The molecule has 0 aliphatic rings. The van der Waals surface area contributed by atoms with Crippen LogP contribution in [0.5, 0.6) is 0 Å². The lowest BCUT2D eigenvalue weighted by Gasteiger charge is -2.27. The Kier molecular flexibility index (Phi) is 4.21. The highest BCUT2D eigenvalue weighted by atomic mass is 14.9. The van der Waals surface area contributed by atoms with Crippen LogP contribution in [0.1, 0.15) is 33.4 Å². The van der Waals surface area contributed by atoms with Gasteiger partial charge in [0, 0.05) is 25.1 Å². The third kappa shape index (κ3) is 4.38. The number of aromatic nitrogens is 2. The van der Waals surface area contributed by atoms with Gasteiger partial charge in [0.25, 0.3) is 0 Å². The van der Waals surface area contributed by atoms with Crippen LogP contribution in [0.25, 0.3) is 0 Å². The Balaban J connectivity index is 2.28. The number of rotatable bonds is 4. The van der Waals surface area contributed by atoms with Crippen LogP contribution in [0.2, 0.25) is 0 Å². The molecule has 3 nitrogen and oxygen atoms in total. The first-order valence-electron chi connectivity index (χ1n) is 5.46. The summed E-state index contributed by atoms with van der Waals surface area (Å²) in [6.45, 7) is 10.9. The van der Waals surface area contributed by atoms with Crippen molar-refractivity contribution in [3.8, 4) is 0 Å². The molecule has 0 aliphatic heterocycles. The Morgan fingerprint density at radius 1 is 1.33 bits per heavy atom. The topological polar surface area (TPSA) is 37.8 Å². The van der Waals surface area contributed by atoms with Gasteiger partial charge in [0.2, 0.25) is 0 Å². The summed E-state index contributed by atoms with van der Waals surface area (Å²) >= 11 is 0. The molecule has 1 rings (SSSR count). The van der Waals surface area contributed by atoms with Crippen molar-refractivity contribution in [2.45, 2.75) is 34.2 Å². The molecule has 1 N–H and O–H groups in total. The van der Waals surface area contributed by atoms with E-state index in [4.69, 9.17) is 0 Å². The minimum Gasteiger partial charge on any atom is -0.311 e. The Hall–Kier alpha value is -0.960. The van der Waals surface area contributed by atoms with Crippen LogP contribution in [-0.4, -0.2) is 16.5 Å². The van der Waals surface area contributed by atoms with Gasteiger partial charge in [-0.1, -0.05) is 27.7 Å². The van der Waals surface area contributed by atoms with E-state index in [0.29, 0.717) is 11.3 Å². The van der Waals surface area contributed by atoms with Crippen molar-refractivity contribution in [2.75, 3.05) is 6.54 Å². The first-order chi connectivity index (χ1) is 7.00. The maximum absolute atomic E-state index is 4.21. The Bertz CT molecular complexity index is 277. The fourth-order valence-corrected chi connectivity index (χ4v) is 1.14. The van der Waals surface area contributed by atoms with Crippen molar-refractivity contribution in [3.63, 3.8) is 0 Å². The molecular weight excluding hydrogens is 186 g/mol. The van der Waals surface area contributed by atoms with Crippen LogP contribution in [0.4, 0.5) is 0 Å². The maximum atomic E-state index is 4.21. The van der Waals surface area contributed by atoms with Crippen molar-refractivity contribution >= 4 is 0 Å². The van der Waals surface area contributed by atoms with Gasteiger partial charge in [-0.3, -0.25) is 9.97 Å². The standard InChI is InChI=1S/C12H21N3/c1-10(12(2,3)4)7-14-9-11-8-13-5-6-15-11/h5-6,8,10,14H,7,9H2,1-4H3. The second-order valence-corrected chi connectivity index (χ2v) is 5.09. The predicted octanol–water partition coefficient (Wildman–Crippen LogP) is 2.25. The molecular formula is C12H21N3. The molecule has 0 saturated carbocycles. The summed E-state index contributed by atoms with van der Waals surface area (Å²) in [5, 5.41) is 3.41. The molecule has 0 radical (unpaired) electrons. The lowest BCUT2D eigenvalue weighted by Crippen LogP contribution is -2.29. The maximum Gasteiger partial charge on any atom is 0.0724 e. The summed E-state index contributed by atoms with van der Waals surface area (Å²) in [5.41, 5.74) is 1.36. The number of nitrogens with one attached hydrogen (secondary N) is 1. The fraction of sp³-hybridized carbons (Fsp3) is 0.667. The summed E-state index contributed by atoms with van der Waals surface area (Å²) in [7, 11) is 0. The van der Waals surface area contributed by atoms with Gasteiger partial charge in [-0.05, 0) is 17.9 Å². The van der Waals surface area contributed by atoms with Crippen molar-refractivity contribution in [1.82, 2.24) is 15.3 Å². The van der Waals surface area contributed by atoms with Crippen molar-refractivity contribution in [2.24, 2.45) is 11.3 Å². The number of nitrogens with zero attached hydrogens (tertiary/aromatic N) is 2. The number of hydrogen-bond acceptors (Lipinski definition) is 3. The normalized spacial score (nSPS) is 13.9. The third-order valence-corrected chi connectivity index (χ3v) is 2.85. The van der Waals surface area contributed by atoms with E-state index >= 15 is 0 Å². The van der Waals surface area contributed by atoms with Gasteiger partial charge in [0.15, 0.2) is 0 Å². The lowest BCUT2D eigenvalue weighted by molar-refractivity contribution is 0.252. The molecule has 1 unspecified atom stereocenters. The molecule has 1 heterocycles. The summed E-state index contributed by atoms with van der Waals surface area (Å²) in [5.74, 6) is 0.647. The average Bonchev–Trinajstić information content (AvgIpc) is 2.18. The zero-order valence-electron chi connectivity index (χ0n) is 10.1. The number of hydrogen-bond donors (Lipinski definition) is 1. The van der Waals surface area contributed by atoms with E-state index in [2.05, 4.69) is 43.0 Å². The summed E-state index contributed by atoms with van der Waals surface area (Å²) in [6, 6.07) is 0. The quantitative estimate of drug-likeness (QED) is 0.823. The van der Waals surface area contributed by atoms with E-state index in [1.165, 1.54) is 0 Å². The molecule has 1 aromatic heterocycles. The minimum absolute atomic E-state index is 0.357. The highest BCUT2D eigenvalue weighted by Gasteiger charge is 2.19. The molecule has 3 heteroatoms. The van der Waals surface area contributed by atoms with Crippen LogP contribution in [-0.2, 0) is 6.54 Å². The van der Waals surface area contributed by atoms with E-state index in [9.17, 15) is 0 Å². The predicted molar refractivity (Wildman–Crippen MR) is 62.4 cm³/mol. The van der Waals surface area contributed by atoms with Crippen LogP contribution in [0.15, 0.2) is 18.6 Å². The smallest absolute Gasteiger partial charge is 0.0724 e. The highest BCUT2D eigenvalue weighted by Crippen LogP contribution is 2.24. The first kappa shape index (κ1) is 12.1. The fourth-order valence-electron chi connectivity index (χ4n) is 1.14. The SMILES string of the molecule is CC(CNCc1cnccn1)C(C)(C)C. The van der Waals surface area contributed by atoms with Gasteiger partial charge in [0.1, 0.15) is 0 Å². The molecule has 0 aliphatic carbocycles. The van der Waals surface area contributed by atoms with Crippen molar-refractivity contribution < 1.29 is 0 Å². The van der Waals surface area contributed by atoms with Gasteiger partial charge in [-0.2, -0.15) is 0 Å². The van der Waals surface area contributed by atoms with E-state index in [1.807, 2.05) is 0 Å². The van der Waals surface area contributed by atoms with E-state index in [-0.39, 0.29) is 0 Å². The van der Waals surface area contributed by atoms with Crippen molar-refractivity contribution in [3.05, 3.63) is 24.3 Å². The third-order valence-electron chi connectivity index (χ3n) is 2.85. The van der Waals surface area contributed by atoms with E-state index in [0.717, 1.165) is 18.8 Å². The molecule has 0 aromatic carbocycles. The average molecular weight is 207 g/mol. The molecule has 0 amide bonds. The van der Waals surface area contributed by atoms with Crippen LogP contribution in [0.3, 0.4) is 0 Å². The van der Waals surface area contributed by atoms with Crippen LogP contribution < -0.4 is 5.32 Å². The molecule has 0 bridgehead atoms. The largest absolute Gasteiger partial charge is 0.311 e. The Morgan fingerprint density at radius 2 is 2.07 bits per heavy atom. The molecule has 0 fully saturated rings. The Labute approximate surface area is 92.3 Å². The highest BCUT2D eigenvalue weighted by molar-refractivity contribution is 4.93. The second kappa shape index (κ2) is 5.21. The minimum atomic E-state index is 0.357.